The summed E-state index contributed by atoms with van der Waals surface area (Å²) in [4.78, 5) is 59.9. The molecular weight excluding hydrogens is 716 g/mol. The topological polar surface area (TPSA) is 129 Å². The molecule has 4 amide bonds. The molecule has 0 aliphatic carbocycles. The van der Waals surface area contributed by atoms with Gasteiger partial charge in [-0.2, -0.15) is 0 Å². The molecule has 1 aliphatic heterocycles. The Kier molecular flexibility index (Phi) is 11.1. The summed E-state index contributed by atoms with van der Waals surface area (Å²) < 4.78 is 12.1. The highest BCUT2D eigenvalue weighted by atomic mass is 79.9. The minimum Gasteiger partial charge on any atom is -0.496 e. The molecule has 1 heterocycles. The molecule has 0 fully saturated rings. The molecule has 0 spiro atoms. The van der Waals surface area contributed by atoms with E-state index in [1.807, 2.05) is 30.3 Å². The van der Waals surface area contributed by atoms with E-state index in [9.17, 15) is 24.3 Å². The van der Waals surface area contributed by atoms with Crippen LogP contribution in [0.5, 0.6) is 5.75 Å². The number of hydrogen-bond acceptors (Lipinski definition) is 7. The van der Waals surface area contributed by atoms with E-state index in [0.717, 1.165) is 20.8 Å². The Morgan fingerprint density at radius 1 is 0.961 bits per heavy atom. The van der Waals surface area contributed by atoms with Gasteiger partial charge in [-0.15, -0.1) is 0 Å². The maximum absolute atomic E-state index is 14.8. The van der Waals surface area contributed by atoms with Gasteiger partial charge in [-0.1, -0.05) is 52.3 Å². The molecular formula is C39H43BrN4O7. The Bertz CT molecular complexity index is 1960. The van der Waals surface area contributed by atoms with E-state index < -0.39 is 47.6 Å². The SMILES string of the molecule is COc1ccc2c(Br)cccc2c1CN1C(=O)[C@@H](NC(=O)[C@H](C)N(C)C(=O)OC(C)(C)C)CN(C(=O)c2ccc(C(C)O)cc2)c2ccccc21. The number of para-hydroxylation sites is 2. The van der Waals surface area contributed by atoms with Gasteiger partial charge in [-0.05, 0) is 93.4 Å². The Labute approximate surface area is 306 Å². The summed E-state index contributed by atoms with van der Waals surface area (Å²) in [5.74, 6) is -0.904. The van der Waals surface area contributed by atoms with Crippen LogP contribution >= 0.6 is 15.9 Å². The Morgan fingerprint density at radius 3 is 2.25 bits per heavy atom. The second kappa shape index (κ2) is 15.1. The van der Waals surface area contributed by atoms with Crippen LogP contribution < -0.4 is 19.9 Å². The first-order valence-corrected chi connectivity index (χ1v) is 17.4. The molecule has 3 atom stereocenters. The summed E-state index contributed by atoms with van der Waals surface area (Å²) in [7, 11) is 3.02. The predicted molar refractivity (Wildman–Crippen MR) is 200 cm³/mol. The fraction of sp³-hybridized carbons (Fsp3) is 0.333. The van der Waals surface area contributed by atoms with Gasteiger partial charge in [-0.3, -0.25) is 19.3 Å². The quantitative estimate of drug-likeness (QED) is 0.207. The van der Waals surface area contributed by atoms with E-state index in [0.29, 0.717) is 28.3 Å². The van der Waals surface area contributed by atoms with E-state index >= 15 is 0 Å². The first-order valence-electron chi connectivity index (χ1n) is 16.6. The van der Waals surface area contributed by atoms with E-state index in [4.69, 9.17) is 9.47 Å². The Balaban J connectivity index is 1.60. The summed E-state index contributed by atoms with van der Waals surface area (Å²) in [6, 6.07) is 21.0. The number of anilines is 2. The number of carbonyl (C=O) groups is 4. The summed E-state index contributed by atoms with van der Waals surface area (Å²) in [6.07, 6.45) is -1.41. The standard InChI is InChI=1S/C39H43BrN4O7/c1-23(42(6)38(49)51-39(3,4)5)35(46)41-31-22-44(36(47)26-17-15-25(16-18-26)24(2)45)33-14-9-8-13-32(33)43(37(31)48)21-29-27-11-10-12-30(40)28(27)19-20-34(29)50-7/h8-20,23-24,31,45H,21-22H2,1-7H3,(H,41,46)/t23-,24?,31-/m0/s1. The number of halogens is 1. The predicted octanol–water partition coefficient (Wildman–Crippen LogP) is 6.60. The number of rotatable bonds is 8. The maximum atomic E-state index is 14.8. The minimum absolute atomic E-state index is 0.0532. The molecule has 2 N–H and O–H groups in total. The first-order chi connectivity index (χ1) is 24.1. The summed E-state index contributed by atoms with van der Waals surface area (Å²) in [5, 5.41) is 14.7. The van der Waals surface area contributed by atoms with E-state index in [-0.39, 0.29) is 13.1 Å². The van der Waals surface area contributed by atoms with E-state index in [1.54, 1.807) is 95.2 Å². The monoisotopic (exact) mass is 758 g/mol. The molecule has 11 nitrogen and oxygen atoms in total. The van der Waals surface area contributed by atoms with Gasteiger partial charge in [0.15, 0.2) is 0 Å². The molecule has 0 aromatic heterocycles. The van der Waals surface area contributed by atoms with Crippen molar-refractivity contribution in [2.24, 2.45) is 0 Å². The number of benzene rings is 4. The number of hydrogen-bond donors (Lipinski definition) is 2. The lowest BCUT2D eigenvalue weighted by molar-refractivity contribution is -0.130. The molecule has 5 rings (SSSR count). The number of likely N-dealkylation sites (N-methyl/N-ethyl adjacent to an activating group) is 1. The number of aliphatic hydroxyl groups excluding tert-OH is 1. The van der Waals surface area contributed by atoms with Crippen molar-refractivity contribution in [3.8, 4) is 5.75 Å². The average molecular weight is 760 g/mol. The second-order valence-corrected chi connectivity index (χ2v) is 14.4. The number of nitrogens with one attached hydrogen (secondary N) is 1. The lowest BCUT2D eigenvalue weighted by Crippen LogP contribution is -2.57. The van der Waals surface area contributed by atoms with Crippen molar-refractivity contribution < 1.29 is 33.8 Å². The molecule has 0 saturated heterocycles. The number of amides is 4. The van der Waals surface area contributed by atoms with Crippen LogP contribution in [0.15, 0.2) is 83.3 Å². The average Bonchev–Trinajstić information content (AvgIpc) is 3.21. The number of carbonyl (C=O) groups excluding carboxylic acids is 4. The lowest BCUT2D eigenvalue weighted by Gasteiger charge is -2.30. The maximum Gasteiger partial charge on any atom is 0.410 e. The summed E-state index contributed by atoms with van der Waals surface area (Å²) in [6.45, 7) is 8.22. The van der Waals surface area contributed by atoms with Crippen molar-refractivity contribution in [3.63, 3.8) is 0 Å². The van der Waals surface area contributed by atoms with Crippen LogP contribution in [0.4, 0.5) is 16.2 Å². The molecule has 4 aromatic rings. The molecule has 51 heavy (non-hydrogen) atoms. The summed E-state index contributed by atoms with van der Waals surface area (Å²) >= 11 is 3.64. The van der Waals surface area contributed by atoms with Gasteiger partial charge in [0, 0.05) is 22.6 Å². The van der Waals surface area contributed by atoms with Crippen molar-refractivity contribution >= 4 is 61.9 Å². The third-order valence-corrected chi connectivity index (χ3v) is 9.54. The highest BCUT2D eigenvalue weighted by Crippen LogP contribution is 2.38. The van der Waals surface area contributed by atoms with Gasteiger partial charge in [0.05, 0.1) is 37.7 Å². The zero-order valence-electron chi connectivity index (χ0n) is 29.8. The van der Waals surface area contributed by atoms with Crippen LogP contribution in [0.3, 0.4) is 0 Å². The molecule has 0 saturated carbocycles. The molecule has 1 unspecified atom stereocenters. The van der Waals surface area contributed by atoms with Gasteiger partial charge in [-0.25, -0.2) is 4.79 Å². The highest BCUT2D eigenvalue weighted by molar-refractivity contribution is 9.10. The second-order valence-electron chi connectivity index (χ2n) is 13.5. The first kappa shape index (κ1) is 37.3. The highest BCUT2D eigenvalue weighted by Gasteiger charge is 2.39. The number of fused-ring (bicyclic) bond motifs is 2. The fourth-order valence-electron chi connectivity index (χ4n) is 5.94. The van der Waals surface area contributed by atoms with E-state index in [1.165, 1.54) is 16.8 Å². The van der Waals surface area contributed by atoms with Crippen LogP contribution in [0.2, 0.25) is 0 Å². The third-order valence-electron chi connectivity index (χ3n) is 8.85. The number of ether oxygens (including phenoxy) is 2. The van der Waals surface area contributed by atoms with Crippen LogP contribution in [-0.4, -0.2) is 72.2 Å². The largest absolute Gasteiger partial charge is 0.496 e. The van der Waals surface area contributed by atoms with Crippen molar-refractivity contribution in [1.82, 2.24) is 10.2 Å². The fourth-order valence-corrected chi connectivity index (χ4v) is 6.44. The Hall–Kier alpha value is -4.94. The molecule has 1 aliphatic rings. The Morgan fingerprint density at radius 2 is 1.63 bits per heavy atom. The third kappa shape index (κ3) is 8.02. The van der Waals surface area contributed by atoms with Crippen LogP contribution in [0.25, 0.3) is 10.8 Å². The minimum atomic E-state index is -1.22. The van der Waals surface area contributed by atoms with Gasteiger partial charge < -0.3 is 29.7 Å². The van der Waals surface area contributed by atoms with Crippen molar-refractivity contribution in [2.45, 2.75) is 65.0 Å². The van der Waals surface area contributed by atoms with Gasteiger partial charge >= 0.3 is 6.09 Å². The zero-order valence-corrected chi connectivity index (χ0v) is 31.4. The van der Waals surface area contributed by atoms with Crippen molar-refractivity contribution in [2.75, 3.05) is 30.5 Å². The summed E-state index contributed by atoms with van der Waals surface area (Å²) in [5.41, 5.74) is 1.85. The molecule has 4 aromatic carbocycles. The van der Waals surface area contributed by atoms with E-state index in [2.05, 4.69) is 21.2 Å². The normalized spacial score (nSPS) is 15.8. The van der Waals surface area contributed by atoms with Crippen LogP contribution in [0.1, 0.15) is 62.2 Å². The van der Waals surface area contributed by atoms with Gasteiger partial charge in [0.1, 0.15) is 23.4 Å². The van der Waals surface area contributed by atoms with Gasteiger partial charge in [0.2, 0.25) is 5.91 Å². The molecule has 268 valence electrons. The smallest absolute Gasteiger partial charge is 0.410 e. The number of nitrogens with zero attached hydrogens (tertiary/aromatic N) is 3. The van der Waals surface area contributed by atoms with Crippen LogP contribution in [-0.2, 0) is 20.9 Å². The molecule has 0 radical (unpaired) electrons. The number of methoxy groups -OCH3 is 1. The van der Waals surface area contributed by atoms with Crippen molar-refractivity contribution in [3.05, 3.63) is 100 Å². The van der Waals surface area contributed by atoms with Crippen LogP contribution in [0, 0.1) is 0 Å². The number of aliphatic hydroxyl groups is 1. The lowest BCUT2D eigenvalue weighted by atomic mass is 10.0. The molecule has 0 bridgehead atoms. The van der Waals surface area contributed by atoms with Crippen molar-refractivity contribution in [1.29, 1.82) is 0 Å². The van der Waals surface area contributed by atoms with Gasteiger partial charge in [0.25, 0.3) is 11.8 Å². The molecule has 12 heteroatoms. The zero-order chi connectivity index (χ0) is 37.2.